The monoisotopic (exact) mass is 284 g/mol. The van der Waals surface area contributed by atoms with Crippen LogP contribution >= 0.6 is 0 Å². The van der Waals surface area contributed by atoms with Crippen molar-refractivity contribution in [1.82, 2.24) is 4.90 Å². The molecule has 8 heteroatoms. The van der Waals surface area contributed by atoms with Crippen LogP contribution in [0.25, 0.3) is 0 Å². The predicted octanol–water partition coefficient (Wildman–Crippen LogP) is 1.67. The van der Waals surface area contributed by atoms with Gasteiger partial charge in [0.2, 0.25) is 0 Å². The third kappa shape index (κ3) is 3.08. The van der Waals surface area contributed by atoms with Crippen molar-refractivity contribution in [2.24, 2.45) is 0 Å². The minimum Gasteiger partial charge on any atom is -0.480 e. The summed E-state index contributed by atoms with van der Waals surface area (Å²) in [4.78, 5) is 33.7. The van der Waals surface area contributed by atoms with Crippen molar-refractivity contribution in [3.05, 3.63) is 39.7 Å². The number of carboxylic acids is 1. The summed E-state index contributed by atoms with van der Waals surface area (Å²) < 4.78 is 13.6. The van der Waals surface area contributed by atoms with Gasteiger partial charge in [0.15, 0.2) is 0 Å². The highest BCUT2D eigenvalue weighted by Crippen LogP contribution is 2.19. The first kappa shape index (κ1) is 15.5. The number of carbonyl (C=O) groups excluding carboxylic acids is 1. The lowest BCUT2D eigenvalue weighted by Gasteiger charge is -2.23. The van der Waals surface area contributed by atoms with Gasteiger partial charge in [-0.15, -0.1) is 0 Å². The molecule has 1 aromatic rings. The number of nitro groups is 1. The lowest BCUT2D eigenvalue weighted by molar-refractivity contribution is -0.384. The Morgan fingerprint density at radius 2 is 2.10 bits per heavy atom. The molecule has 20 heavy (non-hydrogen) atoms. The fourth-order valence-electron chi connectivity index (χ4n) is 1.74. The van der Waals surface area contributed by atoms with E-state index in [0.717, 1.165) is 23.1 Å². The molecular formula is C12H13FN2O5. The topological polar surface area (TPSA) is 101 Å². The molecule has 0 bridgehead atoms. The third-order valence-electron chi connectivity index (χ3n) is 2.85. The molecule has 1 unspecified atom stereocenters. The van der Waals surface area contributed by atoms with Gasteiger partial charge in [0, 0.05) is 19.2 Å². The number of aliphatic carboxylic acids is 1. The second-order valence-electron chi connectivity index (χ2n) is 4.10. The summed E-state index contributed by atoms with van der Waals surface area (Å²) in [6.07, 6.45) is 0.133. The van der Waals surface area contributed by atoms with Crippen molar-refractivity contribution in [2.75, 3.05) is 7.05 Å². The van der Waals surface area contributed by atoms with Crippen LogP contribution < -0.4 is 0 Å². The third-order valence-corrected chi connectivity index (χ3v) is 2.85. The normalized spacial score (nSPS) is 11.8. The molecule has 1 aromatic carbocycles. The van der Waals surface area contributed by atoms with Crippen LogP contribution in [0.2, 0.25) is 0 Å². The van der Waals surface area contributed by atoms with Crippen molar-refractivity contribution in [3.63, 3.8) is 0 Å². The Labute approximate surface area is 113 Å². The van der Waals surface area contributed by atoms with Crippen molar-refractivity contribution in [2.45, 2.75) is 19.4 Å². The maximum absolute atomic E-state index is 13.6. The highest BCUT2D eigenvalue weighted by atomic mass is 19.1. The SMILES string of the molecule is CCC(C(=O)O)N(C)C(=O)c1cc([N+](=O)[O-])ccc1F. The van der Waals surface area contributed by atoms with E-state index < -0.39 is 39.9 Å². The van der Waals surface area contributed by atoms with Gasteiger partial charge < -0.3 is 10.0 Å². The van der Waals surface area contributed by atoms with Crippen LogP contribution in [0.3, 0.4) is 0 Å². The molecule has 7 nitrogen and oxygen atoms in total. The van der Waals surface area contributed by atoms with E-state index in [4.69, 9.17) is 5.11 Å². The molecule has 0 saturated heterocycles. The molecule has 0 radical (unpaired) electrons. The number of carbonyl (C=O) groups is 2. The van der Waals surface area contributed by atoms with E-state index in [1.807, 2.05) is 0 Å². The largest absolute Gasteiger partial charge is 0.480 e. The number of halogens is 1. The number of hydrogen-bond donors (Lipinski definition) is 1. The van der Waals surface area contributed by atoms with E-state index >= 15 is 0 Å². The van der Waals surface area contributed by atoms with Crippen molar-refractivity contribution < 1.29 is 24.0 Å². The maximum Gasteiger partial charge on any atom is 0.326 e. The van der Waals surface area contributed by atoms with Crippen LogP contribution in [-0.2, 0) is 4.79 Å². The highest BCUT2D eigenvalue weighted by Gasteiger charge is 2.28. The number of rotatable bonds is 5. The summed E-state index contributed by atoms with van der Waals surface area (Å²) in [7, 11) is 1.21. The number of non-ortho nitro benzene ring substituents is 1. The summed E-state index contributed by atoms with van der Waals surface area (Å²) in [5.41, 5.74) is -0.965. The Bertz CT molecular complexity index is 561. The smallest absolute Gasteiger partial charge is 0.326 e. The van der Waals surface area contributed by atoms with Crippen LogP contribution in [0, 0.1) is 15.9 Å². The molecule has 0 aliphatic rings. The van der Waals surface area contributed by atoms with E-state index in [-0.39, 0.29) is 6.42 Å². The van der Waals surface area contributed by atoms with Gasteiger partial charge in [0.25, 0.3) is 11.6 Å². The number of amides is 1. The molecule has 1 rings (SSSR count). The Morgan fingerprint density at radius 3 is 2.55 bits per heavy atom. The van der Waals surface area contributed by atoms with Gasteiger partial charge in [0.05, 0.1) is 10.5 Å². The first-order valence-electron chi connectivity index (χ1n) is 5.73. The van der Waals surface area contributed by atoms with Crippen LogP contribution in [0.4, 0.5) is 10.1 Å². The predicted molar refractivity (Wildman–Crippen MR) is 66.9 cm³/mol. The van der Waals surface area contributed by atoms with Gasteiger partial charge >= 0.3 is 5.97 Å². The second kappa shape index (κ2) is 6.09. The lowest BCUT2D eigenvalue weighted by Crippen LogP contribution is -2.42. The quantitative estimate of drug-likeness (QED) is 0.654. The molecule has 0 heterocycles. The van der Waals surface area contributed by atoms with E-state index in [2.05, 4.69) is 0 Å². The summed E-state index contributed by atoms with van der Waals surface area (Å²) in [6.45, 7) is 1.56. The maximum atomic E-state index is 13.6. The minimum absolute atomic E-state index is 0.133. The zero-order valence-electron chi connectivity index (χ0n) is 10.9. The Morgan fingerprint density at radius 1 is 1.50 bits per heavy atom. The molecule has 0 aliphatic heterocycles. The molecule has 1 atom stereocenters. The molecule has 1 N–H and O–H groups in total. The summed E-state index contributed by atoms with van der Waals surface area (Å²) >= 11 is 0. The summed E-state index contributed by atoms with van der Waals surface area (Å²) in [6, 6.07) is 1.41. The van der Waals surface area contributed by atoms with Gasteiger partial charge in [-0.2, -0.15) is 0 Å². The molecule has 0 fully saturated rings. The number of likely N-dealkylation sites (N-methyl/N-ethyl adjacent to an activating group) is 1. The zero-order chi connectivity index (χ0) is 15.4. The lowest BCUT2D eigenvalue weighted by atomic mass is 10.1. The molecule has 0 spiro atoms. The van der Waals surface area contributed by atoms with Crippen LogP contribution in [0.1, 0.15) is 23.7 Å². The summed E-state index contributed by atoms with van der Waals surface area (Å²) in [5, 5.41) is 19.6. The highest BCUT2D eigenvalue weighted by molar-refractivity contribution is 5.97. The van der Waals surface area contributed by atoms with Crippen LogP contribution in [0.15, 0.2) is 18.2 Å². The van der Waals surface area contributed by atoms with Crippen LogP contribution in [0.5, 0.6) is 0 Å². The number of hydrogen-bond acceptors (Lipinski definition) is 4. The molecule has 0 aromatic heterocycles. The standard InChI is InChI=1S/C12H13FN2O5/c1-3-10(12(17)18)14(2)11(16)8-6-7(15(19)20)4-5-9(8)13/h4-6,10H,3H2,1-2H3,(H,17,18). The molecular weight excluding hydrogens is 271 g/mol. The number of carboxylic acid groups (broad SMARTS) is 1. The molecule has 1 amide bonds. The van der Waals surface area contributed by atoms with Gasteiger partial charge in [0.1, 0.15) is 11.9 Å². The number of benzene rings is 1. The average molecular weight is 284 g/mol. The zero-order valence-corrected chi connectivity index (χ0v) is 10.9. The Kier molecular flexibility index (Phi) is 4.73. The van der Waals surface area contributed by atoms with E-state index in [1.165, 1.54) is 7.05 Å². The van der Waals surface area contributed by atoms with Crippen molar-refractivity contribution in [3.8, 4) is 0 Å². The fourth-order valence-corrected chi connectivity index (χ4v) is 1.74. The molecule has 108 valence electrons. The number of nitro benzene ring substituents is 1. The molecule has 0 aliphatic carbocycles. The second-order valence-corrected chi connectivity index (χ2v) is 4.10. The van der Waals surface area contributed by atoms with Gasteiger partial charge in [-0.05, 0) is 12.5 Å². The number of nitrogens with zero attached hydrogens (tertiary/aromatic N) is 2. The Balaban J connectivity index is 3.17. The molecule has 0 saturated carbocycles. The van der Waals surface area contributed by atoms with E-state index in [1.54, 1.807) is 6.92 Å². The summed E-state index contributed by atoms with van der Waals surface area (Å²) in [5.74, 6) is -3.08. The first-order chi connectivity index (χ1) is 9.29. The van der Waals surface area contributed by atoms with Gasteiger partial charge in [-0.1, -0.05) is 6.92 Å². The Hall–Kier alpha value is -2.51. The van der Waals surface area contributed by atoms with Crippen LogP contribution in [-0.4, -0.2) is 39.9 Å². The van der Waals surface area contributed by atoms with Crippen molar-refractivity contribution >= 4 is 17.6 Å². The van der Waals surface area contributed by atoms with E-state index in [9.17, 15) is 24.1 Å². The fraction of sp³-hybridized carbons (Fsp3) is 0.333. The minimum atomic E-state index is -1.23. The first-order valence-corrected chi connectivity index (χ1v) is 5.73. The van der Waals surface area contributed by atoms with Crippen molar-refractivity contribution in [1.29, 1.82) is 0 Å². The average Bonchev–Trinajstić information content (AvgIpc) is 2.38. The van der Waals surface area contributed by atoms with Gasteiger partial charge in [-0.25, -0.2) is 9.18 Å². The van der Waals surface area contributed by atoms with Gasteiger partial charge in [-0.3, -0.25) is 14.9 Å². The van der Waals surface area contributed by atoms with E-state index in [0.29, 0.717) is 0 Å².